The van der Waals surface area contributed by atoms with E-state index in [4.69, 9.17) is 5.73 Å². The monoisotopic (exact) mass is 204 g/mol. The van der Waals surface area contributed by atoms with Crippen LogP contribution in [-0.2, 0) is 0 Å². The van der Waals surface area contributed by atoms with Gasteiger partial charge in [-0.05, 0) is 12.5 Å². The van der Waals surface area contributed by atoms with Crippen LogP contribution in [0.5, 0.6) is 0 Å². The van der Waals surface area contributed by atoms with Crippen molar-refractivity contribution in [3.63, 3.8) is 0 Å². The Morgan fingerprint density at radius 3 is 2.57 bits per heavy atom. The van der Waals surface area contributed by atoms with Crippen LogP contribution >= 0.6 is 11.3 Å². The highest BCUT2D eigenvalue weighted by Crippen LogP contribution is 2.25. The predicted octanol–water partition coefficient (Wildman–Crippen LogP) is 2.50. The molecule has 0 radical (unpaired) electrons. The molecule has 2 rings (SSSR count). The molecule has 1 heterocycles. The smallest absolute Gasteiger partial charge is 0.0798 e. The van der Waals surface area contributed by atoms with Crippen LogP contribution in [0, 0.1) is 6.92 Å². The molecule has 0 aliphatic carbocycles. The first-order chi connectivity index (χ1) is 6.79. The van der Waals surface area contributed by atoms with Crippen molar-refractivity contribution in [1.82, 2.24) is 4.98 Å². The zero-order chi connectivity index (χ0) is 9.97. The largest absolute Gasteiger partial charge is 0.320 e. The van der Waals surface area contributed by atoms with E-state index in [1.54, 1.807) is 11.3 Å². The van der Waals surface area contributed by atoms with Gasteiger partial charge in [-0.3, -0.25) is 0 Å². The number of rotatable bonds is 2. The zero-order valence-corrected chi connectivity index (χ0v) is 8.79. The summed E-state index contributed by atoms with van der Waals surface area (Å²) in [5.41, 5.74) is 10.1. The zero-order valence-electron chi connectivity index (χ0n) is 7.97. The third kappa shape index (κ3) is 1.69. The van der Waals surface area contributed by atoms with Gasteiger partial charge in [0.2, 0.25) is 0 Å². The molecule has 0 saturated heterocycles. The fourth-order valence-electron chi connectivity index (χ4n) is 1.42. The lowest BCUT2D eigenvalue weighted by Crippen LogP contribution is -2.11. The van der Waals surface area contributed by atoms with Crippen molar-refractivity contribution in [2.24, 2.45) is 5.73 Å². The second kappa shape index (κ2) is 3.90. The molecule has 1 aromatic heterocycles. The molecule has 1 unspecified atom stereocenters. The van der Waals surface area contributed by atoms with E-state index in [0.717, 1.165) is 16.1 Å². The molecule has 3 heteroatoms. The Labute approximate surface area is 87.4 Å². The Balaban J connectivity index is 2.34. The minimum absolute atomic E-state index is 0.0382. The van der Waals surface area contributed by atoms with E-state index in [1.807, 2.05) is 42.8 Å². The van der Waals surface area contributed by atoms with Crippen molar-refractivity contribution in [3.8, 4) is 0 Å². The van der Waals surface area contributed by atoms with Crippen LogP contribution < -0.4 is 5.73 Å². The molecule has 2 N–H and O–H groups in total. The van der Waals surface area contributed by atoms with Crippen LogP contribution in [0.15, 0.2) is 35.8 Å². The Morgan fingerprint density at radius 1 is 1.29 bits per heavy atom. The number of nitrogens with two attached hydrogens (primary N) is 1. The van der Waals surface area contributed by atoms with Gasteiger partial charge in [-0.15, -0.1) is 11.3 Å². The highest BCUT2D eigenvalue weighted by atomic mass is 32.1. The topological polar surface area (TPSA) is 38.9 Å². The van der Waals surface area contributed by atoms with Crippen molar-refractivity contribution in [3.05, 3.63) is 52.0 Å². The summed E-state index contributed by atoms with van der Waals surface area (Å²) in [7, 11) is 0. The van der Waals surface area contributed by atoms with Crippen molar-refractivity contribution in [1.29, 1.82) is 0 Å². The Bertz CT molecular complexity index is 408. The minimum atomic E-state index is -0.0382. The second-order valence-corrected chi connectivity index (χ2v) is 4.08. The molecule has 2 aromatic rings. The Hall–Kier alpha value is -1.19. The number of nitrogens with zero attached hydrogens (tertiary/aromatic N) is 1. The molecule has 14 heavy (non-hydrogen) atoms. The molecule has 0 spiro atoms. The maximum absolute atomic E-state index is 6.13. The van der Waals surface area contributed by atoms with Crippen LogP contribution in [0.25, 0.3) is 0 Å². The maximum Gasteiger partial charge on any atom is 0.0798 e. The molecule has 0 aliphatic rings. The van der Waals surface area contributed by atoms with E-state index in [-0.39, 0.29) is 6.04 Å². The summed E-state index contributed by atoms with van der Waals surface area (Å²) < 4.78 is 0. The average Bonchev–Trinajstić information content (AvgIpc) is 2.65. The molecule has 0 fully saturated rings. The van der Waals surface area contributed by atoms with Gasteiger partial charge in [0, 0.05) is 4.88 Å². The Morgan fingerprint density at radius 2 is 2.00 bits per heavy atom. The fourth-order valence-corrected chi connectivity index (χ4v) is 2.25. The number of hydrogen-bond donors (Lipinski definition) is 1. The van der Waals surface area contributed by atoms with Gasteiger partial charge in [-0.2, -0.15) is 0 Å². The first kappa shape index (κ1) is 9.37. The van der Waals surface area contributed by atoms with Gasteiger partial charge >= 0.3 is 0 Å². The van der Waals surface area contributed by atoms with Gasteiger partial charge in [-0.1, -0.05) is 30.3 Å². The summed E-state index contributed by atoms with van der Waals surface area (Å²) >= 11 is 1.62. The lowest BCUT2D eigenvalue weighted by atomic mass is 10.1. The maximum atomic E-state index is 6.13. The molecular formula is C11H12N2S. The number of hydrogen-bond acceptors (Lipinski definition) is 3. The second-order valence-electron chi connectivity index (χ2n) is 3.19. The lowest BCUT2D eigenvalue weighted by molar-refractivity contribution is 0.877. The summed E-state index contributed by atoms with van der Waals surface area (Å²) in [5.74, 6) is 0. The summed E-state index contributed by atoms with van der Waals surface area (Å²) in [6.45, 7) is 1.99. The van der Waals surface area contributed by atoms with Crippen molar-refractivity contribution in [2.75, 3.05) is 0 Å². The number of thiazole rings is 1. The number of aromatic nitrogens is 1. The van der Waals surface area contributed by atoms with E-state index in [1.165, 1.54) is 0 Å². The van der Waals surface area contributed by atoms with Gasteiger partial charge in [0.25, 0.3) is 0 Å². The highest BCUT2D eigenvalue weighted by Gasteiger charge is 2.12. The summed E-state index contributed by atoms with van der Waals surface area (Å²) in [4.78, 5) is 5.35. The van der Waals surface area contributed by atoms with Gasteiger partial charge < -0.3 is 5.73 Å². The average molecular weight is 204 g/mol. The van der Waals surface area contributed by atoms with Crippen LogP contribution in [0.1, 0.15) is 22.2 Å². The van der Waals surface area contributed by atoms with Crippen LogP contribution in [0.2, 0.25) is 0 Å². The van der Waals surface area contributed by atoms with Crippen LogP contribution in [0.4, 0.5) is 0 Å². The molecule has 72 valence electrons. The highest BCUT2D eigenvalue weighted by molar-refractivity contribution is 7.09. The fraction of sp³-hybridized carbons (Fsp3) is 0.182. The summed E-state index contributed by atoms with van der Waals surface area (Å²) in [5, 5.41) is 0. The molecule has 0 saturated carbocycles. The molecule has 0 amide bonds. The quantitative estimate of drug-likeness (QED) is 0.816. The van der Waals surface area contributed by atoms with Gasteiger partial charge in [0.15, 0.2) is 0 Å². The van der Waals surface area contributed by atoms with E-state index in [0.29, 0.717) is 0 Å². The van der Waals surface area contributed by atoms with Crippen molar-refractivity contribution >= 4 is 11.3 Å². The molecule has 1 atom stereocenters. The summed E-state index contributed by atoms with van der Waals surface area (Å²) in [6, 6.07) is 10.1. The first-order valence-electron chi connectivity index (χ1n) is 4.49. The van der Waals surface area contributed by atoms with Crippen molar-refractivity contribution in [2.45, 2.75) is 13.0 Å². The van der Waals surface area contributed by atoms with E-state index in [9.17, 15) is 0 Å². The lowest BCUT2D eigenvalue weighted by Gasteiger charge is -2.10. The van der Waals surface area contributed by atoms with E-state index < -0.39 is 0 Å². The summed E-state index contributed by atoms with van der Waals surface area (Å²) in [6.07, 6.45) is 0. The van der Waals surface area contributed by atoms with E-state index >= 15 is 0 Å². The predicted molar refractivity (Wildman–Crippen MR) is 59.3 cm³/mol. The van der Waals surface area contributed by atoms with Crippen LogP contribution in [-0.4, -0.2) is 4.98 Å². The van der Waals surface area contributed by atoms with Crippen molar-refractivity contribution < 1.29 is 0 Å². The normalized spacial score (nSPS) is 12.7. The number of aryl methyl sites for hydroxylation is 1. The third-order valence-corrected chi connectivity index (χ3v) is 3.24. The van der Waals surface area contributed by atoms with Gasteiger partial charge in [0.1, 0.15) is 0 Å². The Kier molecular flexibility index (Phi) is 2.61. The molecular weight excluding hydrogens is 192 g/mol. The first-order valence-corrected chi connectivity index (χ1v) is 5.37. The third-order valence-electron chi connectivity index (χ3n) is 2.22. The molecule has 0 aliphatic heterocycles. The standard InChI is InChI=1S/C11H12N2S/c1-8-11(14-7-13-8)10(12)9-5-3-2-4-6-9/h2-7,10H,12H2,1H3. The minimum Gasteiger partial charge on any atom is -0.320 e. The molecule has 2 nitrogen and oxygen atoms in total. The SMILES string of the molecule is Cc1ncsc1C(N)c1ccccc1. The molecule has 1 aromatic carbocycles. The number of benzene rings is 1. The van der Waals surface area contributed by atoms with Gasteiger partial charge in [0.05, 0.1) is 17.2 Å². The van der Waals surface area contributed by atoms with E-state index in [2.05, 4.69) is 4.98 Å². The molecule has 0 bridgehead atoms. The van der Waals surface area contributed by atoms with Gasteiger partial charge in [-0.25, -0.2) is 4.98 Å². The van der Waals surface area contributed by atoms with Crippen LogP contribution in [0.3, 0.4) is 0 Å².